The van der Waals surface area contributed by atoms with E-state index in [1.807, 2.05) is 0 Å². The highest BCUT2D eigenvalue weighted by atomic mass is 79.9. The molecule has 1 aromatic carbocycles. The Labute approximate surface area is 134 Å². The van der Waals surface area contributed by atoms with Crippen LogP contribution in [0.3, 0.4) is 0 Å². The van der Waals surface area contributed by atoms with Gasteiger partial charge in [-0.3, -0.25) is 4.79 Å². The molecule has 2 aromatic rings. The molecule has 0 saturated heterocycles. The molecule has 0 saturated carbocycles. The highest BCUT2D eigenvalue weighted by Gasteiger charge is 2.14. The van der Waals surface area contributed by atoms with Crippen LogP contribution in [0.15, 0.2) is 49.1 Å². The fourth-order valence-corrected chi connectivity index (χ4v) is 2.29. The maximum atomic E-state index is 12.0. The number of halogens is 1. The number of benzene rings is 1. The molecule has 2 rings (SSSR count). The van der Waals surface area contributed by atoms with Gasteiger partial charge in [-0.05, 0) is 41.9 Å². The van der Waals surface area contributed by atoms with Crippen molar-refractivity contribution in [2.45, 2.75) is 13.8 Å². The number of amides is 1. The van der Waals surface area contributed by atoms with Gasteiger partial charge in [0.15, 0.2) is 0 Å². The summed E-state index contributed by atoms with van der Waals surface area (Å²) < 4.78 is 5.53. The Morgan fingerprint density at radius 3 is 2.68 bits per heavy atom. The first-order valence-corrected chi connectivity index (χ1v) is 7.12. The summed E-state index contributed by atoms with van der Waals surface area (Å²) in [6, 6.07) is 8.17. The van der Waals surface area contributed by atoms with E-state index in [4.69, 9.17) is 4.42 Å². The lowest BCUT2D eigenvalue weighted by Crippen LogP contribution is -2.22. The Balaban J connectivity index is 2.26. The highest BCUT2D eigenvalue weighted by Crippen LogP contribution is 2.16. The number of hydrogen-bond acceptors (Lipinski definition) is 5. The van der Waals surface area contributed by atoms with E-state index in [1.54, 1.807) is 31.2 Å². The van der Waals surface area contributed by atoms with Crippen LogP contribution < -0.4 is 11.1 Å². The van der Waals surface area contributed by atoms with Gasteiger partial charge in [-0.25, -0.2) is 10.2 Å². The Kier molecular flexibility index (Phi) is 4.77. The zero-order valence-corrected chi connectivity index (χ0v) is 13.5. The lowest BCUT2D eigenvalue weighted by Gasteiger charge is -2.05. The molecule has 22 heavy (non-hydrogen) atoms. The quantitative estimate of drug-likeness (QED) is 0.646. The lowest BCUT2D eigenvalue weighted by atomic mass is 10.2. The van der Waals surface area contributed by atoms with Gasteiger partial charge < -0.3 is 9.52 Å². The van der Waals surface area contributed by atoms with Crippen LogP contribution in [-0.2, 0) is 0 Å². The molecule has 1 heterocycles. The van der Waals surface area contributed by atoms with Crippen molar-refractivity contribution in [1.29, 1.82) is 0 Å². The molecule has 0 unspecified atom stereocenters. The number of hydrazone groups is 1. The first kappa shape index (κ1) is 16.0. The fourth-order valence-electron chi connectivity index (χ4n) is 1.83. The Hall–Kier alpha value is -2.41. The summed E-state index contributed by atoms with van der Waals surface area (Å²) in [5, 5.41) is 13.6. The molecule has 0 radical (unpaired) electrons. The summed E-state index contributed by atoms with van der Waals surface area (Å²) in [6.07, 6.45) is 0. The van der Waals surface area contributed by atoms with Crippen molar-refractivity contribution in [3.8, 4) is 5.75 Å². The topological polar surface area (TPSA) is 91.9 Å². The highest BCUT2D eigenvalue weighted by molar-refractivity contribution is 9.10. The van der Waals surface area contributed by atoms with Crippen molar-refractivity contribution in [2.75, 3.05) is 0 Å². The Morgan fingerprint density at radius 2 is 2.05 bits per heavy atom. The van der Waals surface area contributed by atoms with Crippen molar-refractivity contribution < 1.29 is 14.3 Å². The molecule has 1 amide bonds. The molecule has 114 valence electrons. The second kappa shape index (κ2) is 6.57. The largest absolute Gasteiger partial charge is 0.507 e. The van der Waals surface area contributed by atoms with E-state index < -0.39 is 11.5 Å². The summed E-state index contributed by atoms with van der Waals surface area (Å²) in [7, 11) is 0. The van der Waals surface area contributed by atoms with Gasteiger partial charge in [0.2, 0.25) is 0 Å². The average molecular weight is 365 g/mol. The third-order valence-electron chi connectivity index (χ3n) is 2.86. The molecule has 6 nitrogen and oxygen atoms in total. The van der Waals surface area contributed by atoms with Crippen molar-refractivity contribution in [3.63, 3.8) is 0 Å². The number of carbonyl (C=O) groups is 1. The second-order valence-electron chi connectivity index (χ2n) is 4.52. The van der Waals surface area contributed by atoms with E-state index in [2.05, 4.69) is 26.5 Å². The van der Waals surface area contributed by atoms with Crippen molar-refractivity contribution in [2.24, 2.45) is 5.10 Å². The smallest absolute Gasteiger partial charge is 0.348 e. The van der Waals surface area contributed by atoms with E-state index >= 15 is 0 Å². The maximum Gasteiger partial charge on any atom is 0.348 e. The minimum atomic E-state index is -0.714. The van der Waals surface area contributed by atoms with Crippen LogP contribution in [0.4, 0.5) is 0 Å². The summed E-state index contributed by atoms with van der Waals surface area (Å²) in [5.74, 6) is -0.399. The molecule has 0 atom stereocenters. The van der Waals surface area contributed by atoms with Crippen molar-refractivity contribution in [3.05, 3.63) is 62.1 Å². The molecule has 0 aliphatic rings. The summed E-state index contributed by atoms with van der Waals surface area (Å²) in [5.41, 5.74) is 2.08. The average Bonchev–Trinajstić information content (AvgIpc) is 2.44. The summed E-state index contributed by atoms with van der Waals surface area (Å²) in [6.45, 7) is 3.04. The van der Waals surface area contributed by atoms with Crippen LogP contribution in [0.5, 0.6) is 5.75 Å². The van der Waals surface area contributed by atoms with Crippen LogP contribution >= 0.6 is 15.9 Å². The molecule has 0 fully saturated rings. The molecule has 1 aromatic heterocycles. The Morgan fingerprint density at radius 1 is 1.36 bits per heavy atom. The zero-order valence-electron chi connectivity index (χ0n) is 11.9. The van der Waals surface area contributed by atoms with Crippen LogP contribution in [-0.4, -0.2) is 16.7 Å². The first-order chi connectivity index (χ1) is 10.4. The van der Waals surface area contributed by atoms with E-state index in [0.29, 0.717) is 10.0 Å². The molecule has 7 heteroatoms. The lowest BCUT2D eigenvalue weighted by molar-refractivity contribution is 0.0954. The normalized spacial score (nSPS) is 11.3. The maximum absolute atomic E-state index is 12.0. The monoisotopic (exact) mass is 364 g/mol. The molecular weight excluding hydrogens is 352 g/mol. The number of nitrogens with zero attached hydrogens (tertiary/aromatic N) is 1. The third-order valence-corrected chi connectivity index (χ3v) is 3.55. The number of aryl methyl sites for hydroxylation is 1. The van der Waals surface area contributed by atoms with Gasteiger partial charge in [0.05, 0.1) is 11.3 Å². The van der Waals surface area contributed by atoms with E-state index in [-0.39, 0.29) is 22.8 Å². The number of rotatable bonds is 3. The van der Waals surface area contributed by atoms with Gasteiger partial charge in [-0.15, -0.1) is 0 Å². The SMILES string of the molecule is C/C(=N\NC(=O)c1ccccc1Br)c1c(O)cc(C)oc1=O. The molecule has 0 spiro atoms. The van der Waals surface area contributed by atoms with E-state index in [0.717, 1.165) is 0 Å². The number of hydrogen-bond donors (Lipinski definition) is 2. The first-order valence-electron chi connectivity index (χ1n) is 6.33. The van der Waals surface area contributed by atoms with Crippen LogP contribution in [0.1, 0.15) is 28.6 Å². The molecule has 0 aliphatic heterocycles. The Bertz CT molecular complexity index is 811. The zero-order chi connectivity index (χ0) is 16.3. The number of aromatic hydroxyl groups is 1. The molecular formula is C15H13BrN2O4. The van der Waals surface area contributed by atoms with Gasteiger partial charge in [0.1, 0.15) is 17.1 Å². The molecule has 0 bridgehead atoms. The molecule has 0 aliphatic carbocycles. The fraction of sp³-hybridized carbons (Fsp3) is 0.133. The standard InChI is InChI=1S/C15H13BrN2O4/c1-8-7-12(19)13(15(21)22-8)9(2)17-18-14(20)10-5-3-4-6-11(10)16/h3-7,19H,1-2H3,(H,18,20)/b17-9+. The number of carbonyl (C=O) groups excluding carboxylic acids is 1. The summed E-state index contributed by atoms with van der Waals surface area (Å²) >= 11 is 3.27. The van der Waals surface area contributed by atoms with Gasteiger partial charge in [-0.2, -0.15) is 5.10 Å². The van der Waals surface area contributed by atoms with Gasteiger partial charge in [-0.1, -0.05) is 12.1 Å². The third kappa shape index (κ3) is 3.43. The van der Waals surface area contributed by atoms with E-state index in [9.17, 15) is 14.7 Å². The summed E-state index contributed by atoms with van der Waals surface area (Å²) in [4.78, 5) is 23.8. The van der Waals surface area contributed by atoms with Crippen LogP contribution in [0, 0.1) is 6.92 Å². The number of nitrogens with one attached hydrogen (secondary N) is 1. The minimum Gasteiger partial charge on any atom is -0.507 e. The van der Waals surface area contributed by atoms with Crippen molar-refractivity contribution in [1.82, 2.24) is 5.43 Å². The van der Waals surface area contributed by atoms with Gasteiger partial charge >= 0.3 is 5.63 Å². The van der Waals surface area contributed by atoms with Crippen LogP contribution in [0.25, 0.3) is 0 Å². The minimum absolute atomic E-state index is 0.0852. The second-order valence-corrected chi connectivity index (χ2v) is 5.38. The van der Waals surface area contributed by atoms with Gasteiger partial charge in [0, 0.05) is 10.5 Å². The van der Waals surface area contributed by atoms with Crippen LogP contribution in [0.2, 0.25) is 0 Å². The molecule has 2 N–H and O–H groups in total. The van der Waals surface area contributed by atoms with Gasteiger partial charge in [0.25, 0.3) is 5.91 Å². The van der Waals surface area contributed by atoms with Crippen molar-refractivity contribution >= 4 is 27.5 Å². The predicted octanol–water partition coefficient (Wildman–Crippen LogP) is 2.57. The van der Waals surface area contributed by atoms with E-state index in [1.165, 1.54) is 13.0 Å². The predicted molar refractivity (Wildman–Crippen MR) is 85.2 cm³/mol.